The van der Waals surface area contributed by atoms with E-state index in [2.05, 4.69) is 9.80 Å². The predicted molar refractivity (Wildman–Crippen MR) is 208 cm³/mol. The van der Waals surface area contributed by atoms with E-state index in [-0.39, 0.29) is 84.0 Å². The molecule has 2 saturated carbocycles. The maximum atomic E-state index is 13.0. The first-order valence-electron chi connectivity index (χ1n) is 19.8. The second kappa shape index (κ2) is 15.4. The molecule has 0 spiro atoms. The molecule has 0 aromatic carbocycles. The van der Waals surface area contributed by atoms with E-state index in [1.54, 1.807) is 38.0 Å². The van der Waals surface area contributed by atoms with E-state index in [1.165, 1.54) is 25.7 Å². The summed E-state index contributed by atoms with van der Waals surface area (Å²) in [6.07, 6.45) is 12.2. The second-order valence-corrected chi connectivity index (χ2v) is 16.8. The van der Waals surface area contributed by atoms with Crippen molar-refractivity contribution in [2.24, 2.45) is 35.5 Å². The van der Waals surface area contributed by atoms with Gasteiger partial charge < -0.3 is 29.1 Å². The predicted octanol–water partition coefficient (Wildman–Crippen LogP) is 2.69. The van der Waals surface area contributed by atoms with Crippen molar-refractivity contribution < 1.29 is 19.8 Å². The number of rotatable bonds is 10. The number of aliphatic hydroxyl groups excluding tert-OH is 2. The standard InChI is InChI=1S/2C21H29N3O3/c2*1-4-5-14-8-9-17-18-15(11-23(17)20(14)26)16(12-25)19(21(27)22(2)3)24(18)10-13-6-7-13/h2*4-5,8-9,13,15-16,18-19,25H,6-7,10-12H2,1-3H3/b5-4+;5-4-/t2*15-,16-,18+,19-/m11/s1. The Morgan fingerprint density at radius 1 is 0.667 bits per heavy atom. The van der Waals surface area contributed by atoms with Crippen molar-refractivity contribution in [3.05, 3.63) is 79.6 Å². The Morgan fingerprint density at radius 2 is 1.04 bits per heavy atom. The van der Waals surface area contributed by atoms with Crippen LogP contribution >= 0.6 is 0 Å². The Balaban J connectivity index is 0.000000167. The van der Waals surface area contributed by atoms with Crippen molar-refractivity contribution in [3.63, 3.8) is 0 Å². The molecular weight excluding hydrogens is 684 g/mol. The van der Waals surface area contributed by atoms with Crippen molar-refractivity contribution in [2.75, 3.05) is 54.5 Å². The van der Waals surface area contributed by atoms with Crippen molar-refractivity contribution in [1.82, 2.24) is 28.7 Å². The Labute approximate surface area is 318 Å². The van der Waals surface area contributed by atoms with Gasteiger partial charge in [-0.15, -0.1) is 0 Å². The first-order chi connectivity index (χ1) is 25.9. The van der Waals surface area contributed by atoms with Gasteiger partial charge in [0.1, 0.15) is 0 Å². The number of aromatic nitrogens is 2. The van der Waals surface area contributed by atoms with Crippen LogP contribution < -0.4 is 11.1 Å². The molecule has 8 rings (SSSR count). The van der Waals surface area contributed by atoms with Gasteiger partial charge in [0, 0.05) is 114 Å². The minimum Gasteiger partial charge on any atom is -0.396 e. The normalized spacial score (nSPS) is 29.9. The smallest absolute Gasteiger partial charge is 0.258 e. The highest BCUT2D eigenvalue weighted by Gasteiger charge is 2.58. The number of hydrogen-bond acceptors (Lipinski definition) is 8. The van der Waals surface area contributed by atoms with Gasteiger partial charge in [0.05, 0.1) is 24.2 Å². The van der Waals surface area contributed by atoms with Crippen LogP contribution in [-0.2, 0) is 22.7 Å². The molecule has 8 atom stereocenters. The first kappa shape index (κ1) is 38.4. The topological polar surface area (TPSA) is 132 Å². The summed E-state index contributed by atoms with van der Waals surface area (Å²) >= 11 is 0. The van der Waals surface area contributed by atoms with Gasteiger partial charge in [-0.25, -0.2) is 0 Å². The van der Waals surface area contributed by atoms with Crippen molar-refractivity contribution >= 4 is 24.0 Å². The molecular formula is C42H58N6O6. The van der Waals surface area contributed by atoms with Crippen molar-refractivity contribution in [2.45, 2.75) is 76.8 Å². The molecule has 4 fully saturated rings. The molecule has 2 aromatic rings. The number of fused-ring (bicyclic) bond motifs is 6. The summed E-state index contributed by atoms with van der Waals surface area (Å²) in [6, 6.07) is 7.31. The van der Waals surface area contributed by atoms with E-state index < -0.39 is 0 Å². The van der Waals surface area contributed by atoms with E-state index >= 15 is 0 Å². The Bertz CT molecular complexity index is 1790. The molecule has 2 aliphatic carbocycles. The summed E-state index contributed by atoms with van der Waals surface area (Å²) in [5.41, 5.74) is 3.42. The van der Waals surface area contributed by atoms with Gasteiger partial charge in [-0.1, -0.05) is 24.3 Å². The molecule has 0 radical (unpaired) electrons. The molecule has 2 amide bonds. The Kier molecular flexibility index (Phi) is 10.9. The zero-order valence-electron chi connectivity index (χ0n) is 32.7. The van der Waals surface area contributed by atoms with E-state index in [9.17, 15) is 29.4 Å². The van der Waals surface area contributed by atoms with E-state index in [4.69, 9.17) is 0 Å². The molecule has 2 aromatic heterocycles. The second-order valence-electron chi connectivity index (χ2n) is 16.8. The number of likely N-dealkylation sites (tertiary alicyclic amines) is 2. The fourth-order valence-electron chi connectivity index (χ4n) is 9.96. The lowest BCUT2D eigenvalue weighted by atomic mass is 9.88. The maximum absolute atomic E-state index is 13.0. The molecule has 2 N–H and O–H groups in total. The van der Waals surface area contributed by atoms with Gasteiger partial charge in [-0.05, 0) is 75.6 Å². The van der Waals surface area contributed by atoms with Gasteiger partial charge >= 0.3 is 0 Å². The SMILES string of the molecule is C/C=C/c1ccc2n(c1=O)C[C@@H]1[C@@H](CO)[C@H](C(=O)N(C)C)N(CC3CC3)[C@H]21.C/C=C\c1ccc2n(c1=O)C[C@@H]1[C@@H](CO)[C@H](C(=O)N(C)C)N(CC3CC3)[C@H]21. The molecule has 6 heterocycles. The van der Waals surface area contributed by atoms with Crippen LogP contribution in [0.1, 0.15) is 74.1 Å². The fraction of sp³-hybridized carbons (Fsp3) is 0.619. The molecule has 292 valence electrons. The van der Waals surface area contributed by atoms with Gasteiger partial charge in [0.25, 0.3) is 11.1 Å². The summed E-state index contributed by atoms with van der Waals surface area (Å²) in [7, 11) is 7.12. The van der Waals surface area contributed by atoms with Crippen LogP contribution in [-0.4, -0.2) is 117 Å². The van der Waals surface area contributed by atoms with Crippen LogP contribution in [0.5, 0.6) is 0 Å². The molecule has 12 heteroatoms. The van der Waals surface area contributed by atoms with Crippen LogP contribution in [0.2, 0.25) is 0 Å². The lowest BCUT2D eigenvalue weighted by Crippen LogP contribution is -2.48. The number of allylic oxidation sites excluding steroid dienone is 2. The highest BCUT2D eigenvalue weighted by Crippen LogP contribution is 2.52. The van der Waals surface area contributed by atoms with Gasteiger partial charge in [0.15, 0.2) is 0 Å². The third-order valence-electron chi connectivity index (χ3n) is 12.9. The Hall–Kier alpha value is -3.84. The van der Waals surface area contributed by atoms with E-state index in [0.717, 1.165) is 24.5 Å². The van der Waals surface area contributed by atoms with Gasteiger partial charge in [-0.2, -0.15) is 0 Å². The molecule has 54 heavy (non-hydrogen) atoms. The molecule has 6 aliphatic rings. The molecule has 2 saturated heterocycles. The third kappa shape index (κ3) is 6.73. The quantitative estimate of drug-likeness (QED) is 0.380. The van der Waals surface area contributed by atoms with Crippen LogP contribution in [0.4, 0.5) is 0 Å². The number of carbonyl (C=O) groups is 2. The maximum Gasteiger partial charge on any atom is 0.258 e. The number of amides is 2. The first-order valence-corrected chi connectivity index (χ1v) is 19.8. The molecule has 0 bridgehead atoms. The summed E-state index contributed by atoms with van der Waals surface area (Å²) in [4.78, 5) is 59.6. The van der Waals surface area contributed by atoms with Crippen LogP contribution in [0.25, 0.3) is 12.2 Å². The van der Waals surface area contributed by atoms with Gasteiger partial charge in [-0.3, -0.25) is 29.0 Å². The number of nitrogens with zero attached hydrogens (tertiary/aromatic N) is 6. The monoisotopic (exact) mass is 742 g/mol. The van der Waals surface area contributed by atoms with Crippen LogP contribution in [0, 0.1) is 35.5 Å². The van der Waals surface area contributed by atoms with Gasteiger partial charge in [0.2, 0.25) is 11.8 Å². The summed E-state index contributed by atoms with van der Waals surface area (Å²) in [5, 5.41) is 20.3. The highest BCUT2D eigenvalue weighted by molar-refractivity contribution is 5.83. The lowest BCUT2D eigenvalue weighted by molar-refractivity contribution is -0.136. The van der Waals surface area contributed by atoms with Crippen LogP contribution in [0.3, 0.4) is 0 Å². The molecule has 12 nitrogen and oxygen atoms in total. The largest absolute Gasteiger partial charge is 0.396 e. The zero-order chi connectivity index (χ0) is 38.6. The fourth-order valence-corrected chi connectivity index (χ4v) is 9.96. The minimum atomic E-state index is -0.306. The van der Waals surface area contributed by atoms with E-state index in [1.807, 2.05) is 71.6 Å². The summed E-state index contributed by atoms with van der Waals surface area (Å²) in [5.74, 6) is 1.27. The molecule has 4 aliphatic heterocycles. The highest BCUT2D eigenvalue weighted by atomic mass is 16.3. The summed E-state index contributed by atoms with van der Waals surface area (Å²) < 4.78 is 3.73. The number of carbonyl (C=O) groups excluding carboxylic acids is 2. The number of hydrogen-bond donors (Lipinski definition) is 2. The Morgan fingerprint density at radius 3 is 1.33 bits per heavy atom. The average molecular weight is 743 g/mol. The van der Waals surface area contributed by atoms with Crippen molar-refractivity contribution in [3.8, 4) is 0 Å². The van der Waals surface area contributed by atoms with Crippen molar-refractivity contribution in [1.29, 1.82) is 0 Å². The number of likely N-dealkylation sites (N-methyl/N-ethyl adjacent to an activating group) is 2. The van der Waals surface area contributed by atoms with E-state index in [0.29, 0.717) is 36.1 Å². The number of pyridine rings is 2. The number of aliphatic hydroxyl groups is 2. The molecule has 0 unspecified atom stereocenters. The van der Waals surface area contributed by atoms with Crippen LogP contribution in [0.15, 0.2) is 46.0 Å². The zero-order valence-corrected chi connectivity index (χ0v) is 32.7. The average Bonchev–Trinajstić information content (AvgIpc) is 4.02. The third-order valence-corrected chi connectivity index (χ3v) is 12.9. The lowest BCUT2D eigenvalue weighted by Gasteiger charge is -2.32. The minimum absolute atomic E-state index is 0.0264. The summed E-state index contributed by atoms with van der Waals surface area (Å²) in [6.45, 7) is 6.64.